The molecule has 7 aromatic rings. The van der Waals surface area contributed by atoms with Crippen molar-refractivity contribution in [1.82, 2.24) is 39.5 Å². The number of piperidine rings is 1. The molecule has 13 heteroatoms. The first-order valence-corrected chi connectivity index (χ1v) is 18.1. The molecule has 8 rings (SSSR count). The number of carbonyl (C=O) groups excluding carboxylic acids is 3. The monoisotopic (exact) mass is 741 g/mol. The highest BCUT2D eigenvalue weighted by Crippen LogP contribution is 2.35. The molecule has 1 aliphatic heterocycles. The molecule has 56 heavy (non-hydrogen) atoms. The molecule has 1 atom stereocenters. The molecule has 0 bridgehead atoms. The number of hydrogen-bond acceptors (Lipinski definition) is 8. The highest BCUT2D eigenvalue weighted by Gasteiger charge is 2.30. The lowest BCUT2D eigenvalue weighted by molar-refractivity contribution is -0.135. The van der Waals surface area contributed by atoms with Gasteiger partial charge in [0.2, 0.25) is 5.91 Å². The molecule has 0 aliphatic carbocycles. The van der Waals surface area contributed by atoms with Gasteiger partial charge < -0.3 is 5.32 Å². The first kappa shape index (κ1) is 35.6. The number of fused-ring (bicyclic) bond motifs is 3. The van der Waals surface area contributed by atoms with Crippen molar-refractivity contribution in [2.24, 2.45) is 14.1 Å². The average molecular weight is 742 g/mol. The Balaban J connectivity index is 0.983. The number of nitriles is 1. The molecule has 1 saturated heterocycles. The van der Waals surface area contributed by atoms with Crippen LogP contribution >= 0.6 is 0 Å². The zero-order valence-corrected chi connectivity index (χ0v) is 31.0. The van der Waals surface area contributed by atoms with E-state index in [1.807, 2.05) is 31.4 Å². The Morgan fingerprint density at radius 1 is 0.946 bits per heavy atom. The maximum Gasteiger partial charge on any atom is 0.328 e. The number of nitrogens with zero attached hydrogens (tertiary/aromatic N) is 7. The molecule has 2 N–H and O–H groups in total. The molecule has 0 spiro atoms. The Kier molecular flexibility index (Phi) is 8.99. The second-order valence-electron chi connectivity index (χ2n) is 14.1. The molecule has 13 nitrogen and oxygen atoms in total. The zero-order valence-electron chi connectivity index (χ0n) is 31.0. The Labute approximate surface area is 320 Å². The molecule has 0 saturated carbocycles. The second-order valence-corrected chi connectivity index (χ2v) is 14.1. The van der Waals surface area contributed by atoms with E-state index in [2.05, 4.69) is 70.7 Å². The number of imidazole rings is 1. The van der Waals surface area contributed by atoms with Crippen molar-refractivity contribution in [1.29, 1.82) is 5.26 Å². The third-order valence-electron chi connectivity index (χ3n) is 10.3. The number of imide groups is 1. The summed E-state index contributed by atoms with van der Waals surface area (Å²) in [6.45, 7) is 4.28. The maximum atomic E-state index is 13.0. The summed E-state index contributed by atoms with van der Waals surface area (Å²) in [7, 11) is 3.61. The SMILES string of the molecule is CC(C)c1cc(-c2cccc3cc(-c4ccc(C(=O)NCC#Cc5cc(C#N)c6cnn(C7CCC(=O)NC7=O)c6c5)nc4)ncc23)cc2c1n(C)c(=O)n2C. The molecule has 1 fully saturated rings. The number of pyridine rings is 2. The van der Waals surface area contributed by atoms with E-state index < -0.39 is 17.9 Å². The summed E-state index contributed by atoms with van der Waals surface area (Å²) in [5.74, 6) is 4.94. The van der Waals surface area contributed by atoms with Crippen molar-refractivity contribution in [2.75, 3.05) is 6.54 Å². The molecule has 1 aliphatic rings. The topological polar surface area (TPSA) is 170 Å². The van der Waals surface area contributed by atoms with Crippen LogP contribution in [0.3, 0.4) is 0 Å². The van der Waals surface area contributed by atoms with Crippen LogP contribution < -0.4 is 16.3 Å². The van der Waals surface area contributed by atoms with Crippen LogP contribution in [0.2, 0.25) is 0 Å². The highest BCUT2D eigenvalue weighted by atomic mass is 16.2. The van der Waals surface area contributed by atoms with Gasteiger partial charge in [0.1, 0.15) is 11.7 Å². The lowest BCUT2D eigenvalue weighted by Gasteiger charge is -2.21. The van der Waals surface area contributed by atoms with Crippen molar-refractivity contribution >= 4 is 50.4 Å². The molecular formula is C43H35N9O4. The number of carbonyl (C=O) groups is 3. The summed E-state index contributed by atoms with van der Waals surface area (Å²) in [4.78, 5) is 59.1. The standard InChI is InChI=1S/C43H35N9O4/c1-24(2)31-17-28(19-38-40(31)51(4)43(56)50(38)3)30-9-5-8-26-18-35(47-22-32(26)30)27-10-11-34(46-21-27)41(54)45-14-6-7-25-15-29(20-44)33-23-48-52(37(33)16-25)36-12-13-39(53)49-42(36)55/h5,8-11,15-19,21-24,36H,12-14H2,1-4H3,(H,45,54)(H,49,53,55). The van der Waals surface area contributed by atoms with Crippen LogP contribution in [-0.2, 0) is 23.7 Å². The lowest BCUT2D eigenvalue weighted by Crippen LogP contribution is -2.42. The molecule has 3 amide bonds. The number of aromatic nitrogens is 6. The number of aryl methyl sites for hydroxylation is 2. The van der Waals surface area contributed by atoms with Crippen LogP contribution in [-0.4, -0.2) is 53.1 Å². The maximum absolute atomic E-state index is 13.0. The molecule has 3 aromatic carbocycles. The third kappa shape index (κ3) is 6.25. The smallest absolute Gasteiger partial charge is 0.328 e. The van der Waals surface area contributed by atoms with Gasteiger partial charge in [0, 0.05) is 54.8 Å². The minimum absolute atomic E-state index is 0.0231. The molecule has 5 heterocycles. The van der Waals surface area contributed by atoms with Gasteiger partial charge in [-0.1, -0.05) is 43.9 Å². The molecule has 0 radical (unpaired) electrons. The quantitative estimate of drug-likeness (QED) is 0.172. The van der Waals surface area contributed by atoms with E-state index in [1.54, 1.807) is 46.6 Å². The van der Waals surface area contributed by atoms with Crippen molar-refractivity contribution in [2.45, 2.75) is 38.6 Å². The summed E-state index contributed by atoms with van der Waals surface area (Å²) in [5.41, 5.74) is 7.97. The van der Waals surface area contributed by atoms with Gasteiger partial charge in [0.15, 0.2) is 0 Å². The molecule has 1 unspecified atom stereocenters. The van der Waals surface area contributed by atoms with E-state index in [0.29, 0.717) is 34.1 Å². The highest BCUT2D eigenvalue weighted by molar-refractivity contribution is 6.01. The number of nitrogens with one attached hydrogen (secondary N) is 2. The Bertz CT molecular complexity index is 2950. The van der Waals surface area contributed by atoms with Gasteiger partial charge in [-0.3, -0.25) is 43.5 Å². The fraction of sp³-hybridized carbons (Fsp3) is 0.209. The normalized spacial score (nSPS) is 14.2. The number of rotatable bonds is 6. The third-order valence-corrected chi connectivity index (χ3v) is 10.3. The van der Waals surface area contributed by atoms with Crippen molar-refractivity contribution in [3.8, 4) is 40.3 Å². The van der Waals surface area contributed by atoms with Gasteiger partial charge in [-0.05, 0) is 76.9 Å². The largest absolute Gasteiger partial charge is 0.340 e. The van der Waals surface area contributed by atoms with Crippen LogP contribution in [0.25, 0.3) is 55.1 Å². The number of amides is 3. The van der Waals surface area contributed by atoms with E-state index in [0.717, 1.165) is 44.1 Å². The van der Waals surface area contributed by atoms with E-state index in [-0.39, 0.29) is 36.2 Å². The Hall–Kier alpha value is -7.38. The molecule has 276 valence electrons. The first-order valence-electron chi connectivity index (χ1n) is 18.1. The van der Waals surface area contributed by atoms with E-state index in [9.17, 15) is 24.4 Å². The predicted octanol–water partition coefficient (Wildman–Crippen LogP) is 5.26. The van der Waals surface area contributed by atoms with Gasteiger partial charge in [-0.25, -0.2) is 4.79 Å². The fourth-order valence-electron chi connectivity index (χ4n) is 7.38. The number of hydrogen-bond donors (Lipinski definition) is 2. The fourth-order valence-corrected chi connectivity index (χ4v) is 7.38. The molecule has 4 aromatic heterocycles. The van der Waals surface area contributed by atoms with Gasteiger partial charge in [-0.2, -0.15) is 10.4 Å². The summed E-state index contributed by atoms with van der Waals surface area (Å²) in [5, 5.41) is 21.7. The summed E-state index contributed by atoms with van der Waals surface area (Å²) < 4.78 is 4.92. The lowest BCUT2D eigenvalue weighted by atomic mass is 9.93. The first-order chi connectivity index (χ1) is 27.0. The van der Waals surface area contributed by atoms with Crippen molar-refractivity contribution < 1.29 is 14.4 Å². The van der Waals surface area contributed by atoms with Crippen molar-refractivity contribution in [3.63, 3.8) is 0 Å². The average Bonchev–Trinajstić information content (AvgIpc) is 3.72. The second kappa shape index (κ2) is 14.1. The van der Waals surface area contributed by atoms with Crippen LogP contribution in [0.4, 0.5) is 0 Å². The van der Waals surface area contributed by atoms with E-state index >= 15 is 0 Å². The van der Waals surface area contributed by atoms with Gasteiger partial charge >= 0.3 is 5.69 Å². The van der Waals surface area contributed by atoms with Gasteiger partial charge in [-0.15, -0.1) is 0 Å². The zero-order chi connectivity index (χ0) is 39.2. The van der Waals surface area contributed by atoms with Crippen LogP contribution in [0, 0.1) is 23.2 Å². The number of benzene rings is 3. The van der Waals surface area contributed by atoms with Gasteiger partial charge in [0.25, 0.3) is 11.8 Å². The summed E-state index contributed by atoms with van der Waals surface area (Å²) >= 11 is 0. The summed E-state index contributed by atoms with van der Waals surface area (Å²) in [6, 6.07) is 20.6. The predicted molar refractivity (Wildman–Crippen MR) is 211 cm³/mol. The Morgan fingerprint density at radius 2 is 1.79 bits per heavy atom. The summed E-state index contributed by atoms with van der Waals surface area (Å²) in [6.07, 6.45) is 5.49. The minimum atomic E-state index is -0.679. The van der Waals surface area contributed by atoms with Crippen LogP contribution in [0.1, 0.15) is 65.8 Å². The van der Waals surface area contributed by atoms with E-state index in [1.165, 1.54) is 10.9 Å². The van der Waals surface area contributed by atoms with Crippen molar-refractivity contribution in [3.05, 3.63) is 112 Å². The van der Waals surface area contributed by atoms with E-state index in [4.69, 9.17) is 4.98 Å². The Morgan fingerprint density at radius 3 is 2.54 bits per heavy atom. The van der Waals surface area contributed by atoms with Gasteiger partial charge in [0.05, 0.1) is 46.6 Å². The van der Waals surface area contributed by atoms with Crippen LogP contribution in [0.15, 0.2) is 84.0 Å². The van der Waals surface area contributed by atoms with Crippen LogP contribution in [0.5, 0.6) is 0 Å². The molecular weight excluding hydrogens is 707 g/mol. The minimum Gasteiger partial charge on any atom is -0.340 e.